The molecule has 0 bridgehead atoms. The number of fused-ring (bicyclic) bond motifs is 6. The Morgan fingerprint density at radius 3 is 1.66 bits per heavy atom. The molecule has 3 heterocycles. The van der Waals surface area contributed by atoms with Gasteiger partial charge in [-0.05, 0) is 69.8 Å². The number of hydrogen-bond acceptors (Lipinski definition) is 4. The number of hydrogen-bond donors (Lipinski definition) is 0. The summed E-state index contributed by atoms with van der Waals surface area (Å²) in [5.41, 5.74) is 12.3. The zero-order chi connectivity index (χ0) is 37.0. The third-order valence-electron chi connectivity index (χ3n) is 10.7. The summed E-state index contributed by atoms with van der Waals surface area (Å²) < 4.78 is 8.67. The third kappa shape index (κ3) is 5.37. The summed E-state index contributed by atoms with van der Waals surface area (Å²) in [6.45, 7) is 0. The minimum atomic E-state index is 0.563. The Bertz CT molecular complexity index is 3240. The van der Waals surface area contributed by atoms with Crippen molar-refractivity contribution in [1.82, 2.24) is 19.5 Å². The van der Waals surface area contributed by atoms with E-state index in [4.69, 9.17) is 19.4 Å². The summed E-state index contributed by atoms with van der Waals surface area (Å²) in [5.74, 6) is 1.77. The van der Waals surface area contributed by atoms with Gasteiger partial charge in [0.2, 0.25) is 5.95 Å². The fourth-order valence-electron chi connectivity index (χ4n) is 8.01. The lowest BCUT2D eigenvalue weighted by Gasteiger charge is -2.12. The number of rotatable bonds is 6. The van der Waals surface area contributed by atoms with Gasteiger partial charge >= 0.3 is 0 Å². The number of benzene rings is 8. The van der Waals surface area contributed by atoms with Crippen molar-refractivity contribution in [2.24, 2.45) is 0 Å². The molecule has 0 saturated heterocycles. The standard InChI is InChI=1S/C51H32N4O/c1-4-14-33(15-5-1)36-26-28-42-41-22-10-11-24-44(41)55(45(42)31-36)51-53-49(35-18-8-3-9-19-35)52-50(54-51)39-21-12-20-38(30-39)40-23-13-25-46-48(40)43-29-27-37(32-47(43)56-46)34-16-6-2-7-17-34/h1-32H. The molecule has 0 N–H and O–H groups in total. The molecule has 5 heteroatoms. The monoisotopic (exact) mass is 716 g/mol. The van der Waals surface area contributed by atoms with Gasteiger partial charge in [0.15, 0.2) is 11.6 Å². The van der Waals surface area contributed by atoms with Crippen molar-refractivity contribution < 1.29 is 4.42 Å². The molecule has 0 fully saturated rings. The molecule has 0 aliphatic rings. The van der Waals surface area contributed by atoms with Gasteiger partial charge in [0.1, 0.15) is 11.2 Å². The zero-order valence-electron chi connectivity index (χ0n) is 30.2. The molecule has 11 aromatic rings. The molecule has 3 aromatic heterocycles. The molecule has 0 amide bonds. The molecule has 8 aromatic carbocycles. The molecule has 0 atom stereocenters. The molecule has 0 radical (unpaired) electrons. The van der Waals surface area contributed by atoms with E-state index in [9.17, 15) is 0 Å². The van der Waals surface area contributed by atoms with Gasteiger partial charge in [0.05, 0.1) is 11.0 Å². The molecular formula is C51H32N4O. The Kier molecular flexibility index (Phi) is 7.42. The molecule has 0 aliphatic heterocycles. The molecule has 262 valence electrons. The van der Waals surface area contributed by atoms with E-state index in [0.717, 1.165) is 88.3 Å². The van der Waals surface area contributed by atoms with Gasteiger partial charge in [-0.3, -0.25) is 4.57 Å². The summed E-state index contributed by atoms with van der Waals surface area (Å²) in [7, 11) is 0. The highest BCUT2D eigenvalue weighted by molar-refractivity contribution is 6.13. The Labute approximate surface area is 322 Å². The number of furan rings is 1. The van der Waals surface area contributed by atoms with E-state index in [1.807, 2.05) is 48.5 Å². The maximum absolute atomic E-state index is 6.48. The average Bonchev–Trinajstić information content (AvgIpc) is 3.82. The lowest BCUT2D eigenvalue weighted by Crippen LogP contribution is -2.06. The Morgan fingerprint density at radius 2 is 0.911 bits per heavy atom. The van der Waals surface area contributed by atoms with Gasteiger partial charge in [-0.2, -0.15) is 9.97 Å². The Hall–Kier alpha value is -7.63. The van der Waals surface area contributed by atoms with Crippen molar-refractivity contribution in [3.63, 3.8) is 0 Å². The maximum Gasteiger partial charge on any atom is 0.238 e. The van der Waals surface area contributed by atoms with Gasteiger partial charge in [0.25, 0.3) is 0 Å². The second kappa shape index (κ2) is 13.0. The molecule has 0 saturated carbocycles. The Morgan fingerprint density at radius 1 is 0.339 bits per heavy atom. The highest BCUT2D eigenvalue weighted by Crippen LogP contribution is 2.40. The molecule has 56 heavy (non-hydrogen) atoms. The zero-order valence-corrected chi connectivity index (χ0v) is 30.2. The van der Waals surface area contributed by atoms with Crippen molar-refractivity contribution in [3.05, 3.63) is 194 Å². The van der Waals surface area contributed by atoms with Crippen molar-refractivity contribution >= 4 is 43.7 Å². The first kappa shape index (κ1) is 31.9. The van der Waals surface area contributed by atoms with Gasteiger partial charge in [-0.1, -0.05) is 158 Å². The topological polar surface area (TPSA) is 56.7 Å². The minimum Gasteiger partial charge on any atom is -0.456 e. The summed E-state index contributed by atoms with van der Waals surface area (Å²) in [5, 5.41) is 4.45. The molecule has 0 aliphatic carbocycles. The van der Waals surface area contributed by atoms with Crippen LogP contribution in [0.15, 0.2) is 199 Å². The SMILES string of the molecule is c1ccc(-c2ccc3c(c2)oc2cccc(-c4cccc(-c5nc(-c6ccccc6)nc(-n6c7ccccc7c7ccc(-c8ccccc8)cc76)n5)c4)c23)cc1. The van der Waals surface area contributed by atoms with Gasteiger partial charge in [-0.15, -0.1) is 0 Å². The van der Waals surface area contributed by atoms with Crippen molar-refractivity contribution in [2.45, 2.75) is 0 Å². The molecule has 0 spiro atoms. The first-order valence-corrected chi connectivity index (χ1v) is 18.8. The number of nitrogens with zero attached hydrogens (tertiary/aromatic N) is 4. The van der Waals surface area contributed by atoms with E-state index in [1.54, 1.807) is 0 Å². The molecule has 5 nitrogen and oxygen atoms in total. The highest BCUT2D eigenvalue weighted by atomic mass is 16.3. The van der Waals surface area contributed by atoms with Crippen molar-refractivity contribution in [3.8, 4) is 62.1 Å². The summed E-state index contributed by atoms with van der Waals surface area (Å²) >= 11 is 0. The van der Waals surface area contributed by atoms with E-state index in [2.05, 4.69) is 150 Å². The second-order valence-corrected chi connectivity index (χ2v) is 14.0. The van der Waals surface area contributed by atoms with Crippen LogP contribution in [0.5, 0.6) is 0 Å². The van der Waals surface area contributed by atoms with Crippen LogP contribution < -0.4 is 0 Å². The number of aromatic nitrogens is 4. The first-order chi connectivity index (χ1) is 27.7. The van der Waals surface area contributed by atoms with Gasteiger partial charge in [-0.25, -0.2) is 4.98 Å². The van der Waals surface area contributed by atoms with Crippen molar-refractivity contribution in [2.75, 3.05) is 0 Å². The van der Waals surface area contributed by atoms with E-state index >= 15 is 0 Å². The minimum absolute atomic E-state index is 0.563. The lowest BCUT2D eigenvalue weighted by molar-refractivity contribution is 0.669. The number of para-hydroxylation sites is 1. The third-order valence-corrected chi connectivity index (χ3v) is 10.7. The van der Waals surface area contributed by atoms with Crippen LogP contribution in [0, 0.1) is 0 Å². The van der Waals surface area contributed by atoms with Gasteiger partial charge in [0, 0.05) is 32.7 Å². The normalized spacial score (nSPS) is 11.6. The first-order valence-electron chi connectivity index (χ1n) is 18.8. The maximum atomic E-state index is 6.48. The summed E-state index contributed by atoms with van der Waals surface area (Å²) in [4.78, 5) is 15.6. The van der Waals surface area contributed by atoms with E-state index in [-0.39, 0.29) is 0 Å². The largest absolute Gasteiger partial charge is 0.456 e. The van der Waals surface area contributed by atoms with Crippen LogP contribution in [0.25, 0.3) is 106 Å². The van der Waals surface area contributed by atoms with Crippen molar-refractivity contribution in [1.29, 1.82) is 0 Å². The molecule has 11 rings (SSSR count). The smallest absolute Gasteiger partial charge is 0.238 e. The predicted molar refractivity (Wildman–Crippen MR) is 229 cm³/mol. The average molecular weight is 717 g/mol. The lowest BCUT2D eigenvalue weighted by atomic mass is 9.97. The van der Waals surface area contributed by atoms with E-state index in [0.29, 0.717) is 17.6 Å². The fourth-order valence-corrected chi connectivity index (χ4v) is 8.01. The van der Waals surface area contributed by atoms with Crippen LogP contribution in [-0.4, -0.2) is 19.5 Å². The quantitative estimate of drug-likeness (QED) is 0.172. The van der Waals surface area contributed by atoms with Crippen LogP contribution in [0.4, 0.5) is 0 Å². The predicted octanol–water partition coefficient (Wildman–Crippen LogP) is 13.2. The highest BCUT2D eigenvalue weighted by Gasteiger charge is 2.20. The second-order valence-electron chi connectivity index (χ2n) is 14.0. The Balaban J connectivity index is 1.10. The summed E-state index contributed by atoms with van der Waals surface area (Å²) in [6.07, 6.45) is 0. The van der Waals surface area contributed by atoms with Crippen LogP contribution in [-0.2, 0) is 0 Å². The van der Waals surface area contributed by atoms with Crippen LogP contribution in [0.3, 0.4) is 0 Å². The molecule has 0 unspecified atom stereocenters. The fraction of sp³-hybridized carbons (Fsp3) is 0. The van der Waals surface area contributed by atoms with Crippen LogP contribution in [0.1, 0.15) is 0 Å². The van der Waals surface area contributed by atoms with E-state index < -0.39 is 0 Å². The van der Waals surface area contributed by atoms with Crippen LogP contribution in [0.2, 0.25) is 0 Å². The van der Waals surface area contributed by atoms with Gasteiger partial charge < -0.3 is 4.42 Å². The molecular weight excluding hydrogens is 685 g/mol. The summed E-state index contributed by atoms with van der Waals surface area (Å²) in [6, 6.07) is 67.4. The van der Waals surface area contributed by atoms with E-state index in [1.165, 1.54) is 0 Å². The van der Waals surface area contributed by atoms with Crippen LogP contribution >= 0.6 is 0 Å².